The highest BCUT2D eigenvalue weighted by Gasteiger charge is 2.50. The quantitative estimate of drug-likeness (QED) is 0.800. The van der Waals surface area contributed by atoms with Crippen molar-refractivity contribution in [2.24, 2.45) is 0 Å². The van der Waals surface area contributed by atoms with Crippen LogP contribution in [0.4, 0.5) is 10.1 Å². The van der Waals surface area contributed by atoms with E-state index >= 15 is 0 Å². The number of aryl methyl sites for hydroxylation is 1. The molecule has 0 radical (unpaired) electrons. The van der Waals surface area contributed by atoms with E-state index in [4.69, 9.17) is 4.74 Å². The fourth-order valence-corrected chi connectivity index (χ4v) is 3.98. The number of pyridine rings is 1. The minimum Gasteiger partial charge on any atom is -0.363 e. The number of benzene rings is 1. The van der Waals surface area contributed by atoms with Crippen LogP contribution in [0, 0.1) is 12.7 Å². The molecule has 146 valence electrons. The Labute approximate surface area is 162 Å². The second-order valence-corrected chi connectivity index (χ2v) is 7.54. The summed E-state index contributed by atoms with van der Waals surface area (Å²) in [4.78, 5) is 33.2. The average molecular weight is 383 g/mol. The van der Waals surface area contributed by atoms with Crippen LogP contribution >= 0.6 is 0 Å². The molecule has 4 rings (SSSR count). The predicted octanol–water partition coefficient (Wildman–Crippen LogP) is 2.57. The lowest BCUT2D eigenvalue weighted by molar-refractivity contribution is -0.149. The lowest BCUT2D eigenvalue weighted by atomic mass is 9.85. The molecule has 7 heteroatoms. The molecule has 0 N–H and O–H groups in total. The summed E-state index contributed by atoms with van der Waals surface area (Å²) in [5.74, 6) is -0.645. The maximum atomic E-state index is 13.4. The van der Waals surface area contributed by atoms with Crippen molar-refractivity contribution < 1.29 is 18.7 Å². The number of morpholine rings is 1. The summed E-state index contributed by atoms with van der Waals surface area (Å²) in [5.41, 5.74) is 1.40. The summed E-state index contributed by atoms with van der Waals surface area (Å²) in [5, 5.41) is 0. The second-order valence-electron chi connectivity index (χ2n) is 7.54. The van der Waals surface area contributed by atoms with Crippen LogP contribution in [0.3, 0.4) is 0 Å². The molecule has 2 fully saturated rings. The predicted molar refractivity (Wildman–Crippen MR) is 102 cm³/mol. The highest BCUT2D eigenvalue weighted by molar-refractivity contribution is 5.97. The van der Waals surface area contributed by atoms with Crippen LogP contribution in [-0.2, 0) is 9.53 Å². The lowest BCUT2D eigenvalue weighted by Gasteiger charge is -2.52. The summed E-state index contributed by atoms with van der Waals surface area (Å²) >= 11 is 0. The Hall–Kier alpha value is -2.80. The molecule has 0 bridgehead atoms. The van der Waals surface area contributed by atoms with Crippen molar-refractivity contribution in [3.05, 3.63) is 59.7 Å². The van der Waals surface area contributed by atoms with Crippen molar-refractivity contribution in [1.82, 2.24) is 9.88 Å². The van der Waals surface area contributed by atoms with Crippen LogP contribution in [0.1, 0.15) is 29.4 Å². The molecular formula is C21H22FN3O3. The SMILES string of the molecule is Cc1cc(C(=O)N2CC[C@@]3(C)OCC(=O)N(c4ccc(F)cc4)[C@@H]3C2)ccn1. The first-order valence-electron chi connectivity index (χ1n) is 9.31. The van der Waals surface area contributed by atoms with Crippen LogP contribution in [0.2, 0.25) is 0 Å². The minimum absolute atomic E-state index is 0.0259. The van der Waals surface area contributed by atoms with Crippen molar-refractivity contribution in [3.63, 3.8) is 0 Å². The molecule has 6 nitrogen and oxygen atoms in total. The summed E-state index contributed by atoms with van der Waals surface area (Å²) in [6.45, 7) is 4.67. The number of carbonyl (C=O) groups is 2. The van der Waals surface area contributed by atoms with E-state index in [0.29, 0.717) is 30.8 Å². The molecule has 2 amide bonds. The number of halogens is 1. The summed E-state index contributed by atoms with van der Waals surface area (Å²) in [7, 11) is 0. The fourth-order valence-electron chi connectivity index (χ4n) is 3.98. The van der Waals surface area contributed by atoms with Gasteiger partial charge in [-0.2, -0.15) is 0 Å². The Morgan fingerprint density at radius 2 is 2.04 bits per heavy atom. The number of hydrogen-bond donors (Lipinski definition) is 0. The van der Waals surface area contributed by atoms with E-state index in [1.54, 1.807) is 40.3 Å². The van der Waals surface area contributed by atoms with E-state index in [9.17, 15) is 14.0 Å². The molecule has 2 atom stereocenters. The standard InChI is InChI=1S/C21H22FN3O3/c1-14-11-15(7-9-23-14)20(27)24-10-8-21(2)18(12-24)25(19(26)13-28-21)17-5-3-16(22)4-6-17/h3-7,9,11,18H,8,10,12-13H2,1-2H3/t18-,21-/m1/s1. The van der Waals surface area contributed by atoms with Gasteiger partial charge < -0.3 is 14.5 Å². The van der Waals surface area contributed by atoms with Crippen LogP contribution in [0.25, 0.3) is 0 Å². The number of ether oxygens (including phenoxy) is 1. The monoisotopic (exact) mass is 383 g/mol. The average Bonchev–Trinajstić information content (AvgIpc) is 2.68. The van der Waals surface area contributed by atoms with Crippen LogP contribution < -0.4 is 4.90 Å². The zero-order chi connectivity index (χ0) is 19.9. The highest BCUT2D eigenvalue weighted by atomic mass is 19.1. The third-order valence-corrected chi connectivity index (χ3v) is 5.62. The van der Waals surface area contributed by atoms with Gasteiger partial charge in [-0.25, -0.2) is 4.39 Å². The van der Waals surface area contributed by atoms with Gasteiger partial charge in [-0.3, -0.25) is 14.6 Å². The normalized spacial score (nSPS) is 24.8. The van der Waals surface area contributed by atoms with Gasteiger partial charge in [0.15, 0.2) is 0 Å². The first-order chi connectivity index (χ1) is 13.4. The number of piperidine rings is 1. The van der Waals surface area contributed by atoms with Gasteiger partial charge >= 0.3 is 0 Å². The summed E-state index contributed by atoms with van der Waals surface area (Å²) in [6, 6.07) is 8.96. The number of likely N-dealkylation sites (tertiary alicyclic amines) is 1. The Balaban J connectivity index is 1.64. The third-order valence-electron chi connectivity index (χ3n) is 5.62. The number of aromatic nitrogens is 1. The van der Waals surface area contributed by atoms with Crippen molar-refractivity contribution >= 4 is 17.5 Å². The van der Waals surface area contributed by atoms with Gasteiger partial charge in [-0.05, 0) is 56.7 Å². The van der Waals surface area contributed by atoms with Gasteiger partial charge in [0, 0.05) is 36.2 Å². The van der Waals surface area contributed by atoms with Crippen molar-refractivity contribution in [3.8, 4) is 0 Å². The van der Waals surface area contributed by atoms with Crippen molar-refractivity contribution in [2.45, 2.75) is 31.9 Å². The first kappa shape index (κ1) is 18.6. The molecule has 0 spiro atoms. The van der Waals surface area contributed by atoms with Gasteiger partial charge in [0.1, 0.15) is 12.4 Å². The number of anilines is 1. The molecule has 28 heavy (non-hydrogen) atoms. The number of amides is 2. The van der Waals surface area contributed by atoms with Gasteiger partial charge in [-0.15, -0.1) is 0 Å². The summed E-state index contributed by atoms with van der Waals surface area (Å²) in [6.07, 6.45) is 2.23. The lowest BCUT2D eigenvalue weighted by Crippen LogP contribution is -2.68. The van der Waals surface area contributed by atoms with Gasteiger partial charge in [-0.1, -0.05) is 0 Å². The number of nitrogens with zero attached hydrogens (tertiary/aromatic N) is 3. The molecule has 0 unspecified atom stereocenters. The van der Waals surface area contributed by atoms with Crippen molar-refractivity contribution in [1.29, 1.82) is 0 Å². The number of carbonyl (C=O) groups excluding carboxylic acids is 2. The second kappa shape index (κ2) is 6.98. The fraction of sp³-hybridized carbons (Fsp3) is 0.381. The van der Waals surface area contributed by atoms with E-state index in [-0.39, 0.29) is 30.3 Å². The molecule has 2 aliphatic rings. The van der Waals surface area contributed by atoms with Crippen LogP contribution in [0.15, 0.2) is 42.6 Å². The zero-order valence-corrected chi connectivity index (χ0v) is 15.9. The van der Waals surface area contributed by atoms with Crippen molar-refractivity contribution in [2.75, 3.05) is 24.6 Å². The maximum absolute atomic E-state index is 13.4. The smallest absolute Gasteiger partial charge is 0.254 e. The van der Waals surface area contributed by atoms with E-state index in [0.717, 1.165) is 5.69 Å². The molecule has 2 aromatic rings. The molecule has 0 saturated carbocycles. The molecule has 3 heterocycles. The zero-order valence-electron chi connectivity index (χ0n) is 15.9. The Morgan fingerprint density at radius 3 is 2.75 bits per heavy atom. The van der Waals surface area contributed by atoms with Crippen LogP contribution in [-0.4, -0.2) is 53.0 Å². The molecule has 1 aromatic carbocycles. The number of fused-ring (bicyclic) bond motifs is 1. The Morgan fingerprint density at radius 1 is 1.29 bits per heavy atom. The molecule has 1 aromatic heterocycles. The van der Waals surface area contributed by atoms with E-state index in [1.807, 2.05) is 13.8 Å². The Bertz CT molecular complexity index is 917. The van der Waals surface area contributed by atoms with E-state index in [2.05, 4.69) is 4.98 Å². The molecular weight excluding hydrogens is 361 g/mol. The largest absolute Gasteiger partial charge is 0.363 e. The number of hydrogen-bond acceptors (Lipinski definition) is 4. The van der Waals surface area contributed by atoms with Gasteiger partial charge in [0.2, 0.25) is 0 Å². The van der Waals surface area contributed by atoms with E-state index < -0.39 is 5.60 Å². The molecule has 0 aliphatic carbocycles. The highest BCUT2D eigenvalue weighted by Crippen LogP contribution is 2.36. The van der Waals surface area contributed by atoms with E-state index in [1.165, 1.54) is 12.1 Å². The molecule has 2 saturated heterocycles. The van der Waals surface area contributed by atoms with Gasteiger partial charge in [0.05, 0.1) is 11.6 Å². The third kappa shape index (κ3) is 3.26. The summed E-state index contributed by atoms with van der Waals surface area (Å²) < 4.78 is 19.3. The number of rotatable bonds is 2. The van der Waals surface area contributed by atoms with Crippen LogP contribution in [0.5, 0.6) is 0 Å². The molecule has 2 aliphatic heterocycles. The minimum atomic E-state index is -0.562. The topological polar surface area (TPSA) is 62.7 Å². The van der Waals surface area contributed by atoms with Gasteiger partial charge in [0.25, 0.3) is 11.8 Å². The maximum Gasteiger partial charge on any atom is 0.254 e. The Kier molecular flexibility index (Phi) is 4.63. The first-order valence-corrected chi connectivity index (χ1v) is 9.31.